The van der Waals surface area contributed by atoms with Crippen LogP contribution >= 0.6 is 0 Å². The Hall–Kier alpha value is -3.07. The molecule has 41 heavy (non-hydrogen) atoms. The molecule has 1 aliphatic heterocycles. The smallest absolute Gasteiger partial charge is 0.219 e. The van der Waals surface area contributed by atoms with Crippen molar-refractivity contribution in [1.29, 1.82) is 0 Å². The molecule has 3 aromatic rings. The first kappa shape index (κ1) is 30.9. The number of aliphatic hydroxyl groups excluding tert-OH is 1. The highest BCUT2D eigenvalue weighted by Crippen LogP contribution is 2.32. The largest absolute Gasteiger partial charge is 0.394 e. The van der Waals surface area contributed by atoms with E-state index in [9.17, 15) is 9.90 Å². The van der Waals surface area contributed by atoms with Crippen LogP contribution in [-0.4, -0.2) is 54.7 Å². The summed E-state index contributed by atoms with van der Waals surface area (Å²) in [7, 11) is 0. The number of hydrogen-bond acceptors (Lipinski definition) is 6. The minimum atomic E-state index is -0.587. The van der Waals surface area contributed by atoms with Crippen molar-refractivity contribution in [3.63, 3.8) is 0 Å². The topological polar surface area (TPSA) is 86.3 Å². The molecule has 0 aliphatic carbocycles. The number of amides is 1. The van der Waals surface area contributed by atoms with Crippen LogP contribution in [0.15, 0.2) is 91.0 Å². The van der Waals surface area contributed by atoms with Gasteiger partial charge in [0, 0.05) is 13.0 Å². The summed E-state index contributed by atoms with van der Waals surface area (Å²) >= 11 is 0. The van der Waals surface area contributed by atoms with Gasteiger partial charge in [-0.2, -0.15) is 0 Å². The maximum Gasteiger partial charge on any atom is 0.219 e. The third-order valence-electron chi connectivity index (χ3n) is 7.23. The fraction of sp³-hybridized carbons (Fsp3) is 0.441. The molecule has 0 radical (unpaired) electrons. The lowest BCUT2D eigenvalue weighted by Gasteiger charge is -2.46. The Balaban J connectivity index is 1.55. The summed E-state index contributed by atoms with van der Waals surface area (Å²) in [5.41, 5.74) is 3.11. The lowest BCUT2D eigenvalue weighted by atomic mass is 9.91. The molecule has 0 spiro atoms. The molecule has 1 saturated heterocycles. The van der Waals surface area contributed by atoms with Gasteiger partial charge in [0.1, 0.15) is 24.4 Å². The predicted molar refractivity (Wildman–Crippen MR) is 158 cm³/mol. The second-order valence-corrected chi connectivity index (χ2v) is 10.4. The Labute approximate surface area is 243 Å². The summed E-state index contributed by atoms with van der Waals surface area (Å²) in [6.45, 7) is 3.46. The monoisotopic (exact) mass is 561 g/mol. The number of benzene rings is 3. The van der Waals surface area contributed by atoms with Gasteiger partial charge >= 0.3 is 0 Å². The van der Waals surface area contributed by atoms with E-state index in [2.05, 4.69) is 5.32 Å². The molecule has 1 fully saturated rings. The van der Waals surface area contributed by atoms with E-state index in [1.165, 1.54) is 0 Å². The molecule has 0 bridgehead atoms. The number of carbonyl (C=O) groups excluding carboxylic acids is 1. The molecule has 5 unspecified atom stereocenters. The van der Waals surface area contributed by atoms with Gasteiger partial charge in [0.05, 0.1) is 32.5 Å². The first-order chi connectivity index (χ1) is 20.2. The van der Waals surface area contributed by atoms with Crippen molar-refractivity contribution in [2.45, 2.75) is 82.9 Å². The Kier molecular flexibility index (Phi) is 12.8. The number of hydrogen-bond donors (Lipinski definition) is 2. The number of ether oxygens (including phenoxy) is 4. The Bertz CT molecular complexity index is 1130. The van der Waals surface area contributed by atoms with Gasteiger partial charge < -0.3 is 29.4 Å². The van der Waals surface area contributed by atoms with Gasteiger partial charge in [-0.05, 0) is 36.0 Å². The number of nitrogens with one attached hydrogen (secondary N) is 1. The zero-order valence-electron chi connectivity index (χ0n) is 23.9. The minimum absolute atomic E-state index is 0.0561. The van der Waals surface area contributed by atoms with Crippen molar-refractivity contribution in [2.24, 2.45) is 0 Å². The van der Waals surface area contributed by atoms with Crippen molar-refractivity contribution < 1.29 is 28.8 Å². The second kappa shape index (κ2) is 17.0. The van der Waals surface area contributed by atoms with E-state index in [0.29, 0.717) is 45.6 Å². The van der Waals surface area contributed by atoms with Crippen LogP contribution in [0.5, 0.6) is 0 Å². The van der Waals surface area contributed by atoms with Gasteiger partial charge in [-0.3, -0.25) is 4.79 Å². The summed E-state index contributed by atoms with van der Waals surface area (Å²) in [6, 6.07) is 30.0. The molecular weight excluding hydrogens is 518 g/mol. The summed E-state index contributed by atoms with van der Waals surface area (Å²) < 4.78 is 26.1. The van der Waals surface area contributed by atoms with E-state index < -0.39 is 24.4 Å². The number of rotatable bonds is 16. The fourth-order valence-corrected chi connectivity index (χ4v) is 5.11. The average Bonchev–Trinajstić information content (AvgIpc) is 3.02. The van der Waals surface area contributed by atoms with Crippen LogP contribution in [0.2, 0.25) is 0 Å². The van der Waals surface area contributed by atoms with Gasteiger partial charge in [-0.1, -0.05) is 97.9 Å². The van der Waals surface area contributed by atoms with Gasteiger partial charge in [0.2, 0.25) is 5.91 Å². The molecule has 1 heterocycles. The van der Waals surface area contributed by atoms with E-state index in [-0.39, 0.29) is 18.6 Å². The summed E-state index contributed by atoms with van der Waals surface area (Å²) in [5, 5.41) is 13.4. The third kappa shape index (κ3) is 9.76. The van der Waals surface area contributed by atoms with Crippen LogP contribution in [0.4, 0.5) is 0 Å². The van der Waals surface area contributed by atoms with Crippen molar-refractivity contribution in [3.8, 4) is 0 Å². The first-order valence-electron chi connectivity index (χ1n) is 14.7. The molecule has 1 aliphatic rings. The lowest BCUT2D eigenvalue weighted by molar-refractivity contribution is -0.271. The van der Waals surface area contributed by atoms with E-state index in [4.69, 9.17) is 18.9 Å². The van der Waals surface area contributed by atoms with Gasteiger partial charge in [-0.15, -0.1) is 0 Å². The molecule has 5 atom stereocenters. The molecule has 3 aromatic carbocycles. The second-order valence-electron chi connectivity index (χ2n) is 10.4. The van der Waals surface area contributed by atoms with Crippen LogP contribution in [0.3, 0.4) is 0 Å². The highest BCUT2D eigenvalue weighted by atomic mass is 16.6. The molecule has 1 amide bonds. The van der Waals surface area contributed by atoms with Gasteiger partial charge in [-0.25, -0.2) is 0 Å². The summed E-state index contributed by atoms with van der Waals surface area (Å²) in [6.07, 6.45) is 0.254. The Morgan fingerprint density at radius 1 is 0.732 bits per heavy atom. The lowest BCUT2D eigenvalue weighted by Crippen LogP contribution is -2.61. The molecule has 0 saturated carbocycles. The summed E-state index contributed by atoms with van der Waals surface area (Å²) in [5.74, 6) is 0.0561. The normalized spacial score (nSPS) is 22.3. The highest BCUT2D eigenvalue weighted by Gasteiger charge is 2.47. The maximum atomic E-state index is 12.0. The first-order valence-corrected chi connectivity index (χ1v) is 14.7. The van der Waals surface area contributed by atoms with E-state index in [0.717, 1.165) is 23.1 Å². The molecular formula is C34H43NO6. The zero-order chi connectivity index (χ0) is 28.7. The molecule has 2 N–H and O–H groups in total. The quantitative estimate of drug-likeness (QED) is 0.234. The third-order valence-corrected chi connectivity index (χ3v) is 7.23. The van der Waals surface area contributed by atoms with E-state index in [1.54, 1.807) is 0 Å². The van der Waals surface area contributed by atoms with Gasteiger partial charge in [0.15, 0.2) is 0 Å². The fourth-order valence-electron chi connectivity index (χ4n) is 5.11. The average molecular weight is 562 g/mol. The van der Waals surface area contributed by atoms with Crippen molar-refractivity contribution in [1.82, 2.24) is 5.32 Å². The van der Waals surface area contributed by atoms with Crippen LogP contribution in [0.25, 0.3) is 0 Å². The zero-order valence-corrected chi connectivity index (χ0v) is 23.9. The Morgan fingerprint density at radius 2 is 1.20 bits per heavy atom. The van der Waals surface area contributed by atoms with Crippen LogP contribution < -0.4 is 5.32 Å². The number of carbonyl (C=O) groups is 1. The minimum Gasteiger partial charge on any atom is -0.394 e. The molecule has 7 nitrogen and oxygen atoms in total. The number of aliphatic hydroxyl groups is 1. The van der Waals surface area contributed by atoms with Crippen molar-refractivity contribution in [3.05, 3.63) is 108 Å². The van der Waals surface area contributed by atoms with Crippen LogP contribution in [-0.2, 0) is 43.6 Å². The van der Waals surface area contributed by atoms with E-state index in [1.807, 2.05) is 97.9 Å². The van der Waals surface area contributed by atoms with Crippen molar-refractivity contribution >= 4 is 5.91 Å². The molecule has 7 heteroatoms. The summed E-state index contributed by atoms with van der Waals surface area (Å²) in [4.78, 5) is 12.0. The molecule has 0 aromatic heterocycles. The SMILES string of the molecule is CCCC(=O)NCCCC1OC(CO)C(OCc2ccccc2)C(OCc2ccccc2)C1OCc1ccccc1. The van der Waals surface area contributed by atoms with E-state index >= 15 is 0 Å². The van der Waals surface area contributed by atoms with Crippen LogP contribution in [0.1, 0.15) is 49.3 Å². The Morgan fingerprint density at radius 3 is 1.66 bits per heavy atom. The highest BCUT2D eigenvalue weighted by molar-refractivity contribution is 5.75. The van der Waals surface area contributed by atoms with Gasteiger partial charge in [0.25, 0.3) is 0 Å². The molecule has 220 valence electrons. The predicted octanol–water partition coefficient (Wildman–Crippen LogP) is 5.20. The standard InChI is InChI=1S/C34H43NO6/c1-2-13-31(37)35-21-12-20-29-32(38-23-26-14-6-3-7-15-26)34(40-25-28-18-10-5-11-19-28)33(30(22-36)41-29)39-24-27-16-8-4-9-17-27/h3-11,14-19,29-30,32-34,36H,2,12-13,20-25H2,1H3,(H,35,37). The maximum absolute atomic E-state index is 12.0. The van der Waals surface area contributed by atoms with Crippen molar-refractivity contribution in [2.75, 3.05) is 13.2 Å². The van der Waals surface area contributed by atoms with Crippen LogP contribution in [0, 0.1) is 0 Å². The molecule has 4 rings (SSSR count).